The van der Waals surface area contributed by atoms with Crippen LogP contribution in [0.5, 0.6) is 0 Å². The van der Waals surface area contributed by atoms with E-state index in [0.29, 0.717) is 0 Å². The van der Waals surface area contributed by atoms with Crippen LogP contribution >= 0.6 is 15.9 Å². The van der Waals surface area contributed by atoms with Crippen LogP contribution in [0, 0.1) is 0 Å². The number of carbonyl (C=O) groups is 2. The summed E-state index contributed by atoms with van der Waals surface area (Å²) in [4.78, 5) is 22.9. The number of benzene rings is 1. The summed E-state index contributed by atoms with van der Waals surface area (Å²) in [6.07, 6.45) is -5.18. The van der Waals surface area contributed by atoms with Crippen molar-refractivity contribution in [1.82, 2.24) is 0 Å². The molecule has 7 heteroatoms. The summed E-state index contributed by atoms with van der Waals surface area (Å²) in [6, 6.07) is 3.30. The van der Waals surface area contributed by atoms with E-state index in [4.69, 9.17) is 0 Å². The normalized spacial score (nSPS) is 11.2. The summed E-state index contributed by atoms with van der Waals surface area (Å²) >= 11 is 2.94. The molecule has 0 atom stereocenters. The van der Waals surface area contributed by atoms with Gasteiger partial charge in [0.2, 0.25) is 0 Å². The molecule has 0 fully saturated rings. The van der Waals surface area contributed by atoms with Crippen molar-refractivity contribution in [3.8, 4) is 0 Å². The molecule has 0 saturated heterocycles. The Hall–Kier alpha value is -1.37. The Morgan fingerprint density at radius 3 is 2.45 bits per heavy atom. The predicted molar refractivity (Wildman–Crippen MR) is 69.3 cm³/mol. The summed E-state index contributed by atoms with van der Waals surface area (Å²) < 4.78 is 43.4. The number of hydrogen-bond acceptors (Lipinski definition) is 3. The van der Waals surface area contributed by atoms with Crippen molar-refractivity contribution >= 4 is 27.7 Å². The highest BCUT2D eigenvalue weighted by molar-refractivity contribution is 9.10. The lowest BCUT2D eigenvalue weighted by Crippen LogP contribution is -2.14. The Morgan fingerprint density at radius 2 is 1.90 bits per heavy atom. The molecule has 3 nitrogen and oxygen atoms in total. The van der Waals surface area contributed by atoms with Crippen molar-refractivity contribution in [2.45, 2.75) is 25.9 Å². The van der Waals surface area contributed by atoms with Gasteiger partial charge in [0, 0.05) is 16.5 Å². The first-order valence-corrected chi connectivity index (χ1v) is 6.60. The molecule has 0 N–H and O–H groups in total. The first kappa shape index (κ1) is 16.7. The molecule has 1 aromatic carbocycles. The fourth-order valence-corrected chi connectivity index (χ4v) is 1.94. The van der Waals surface area contributed by atoms with Gasteiger partial charge in [-0.05, 0) is 25.1 Å². The lowest BCUT2D eigenvalue weighted by atomic mass is 10.0. The van der Waals surface area contributed by atoms with Crippen LogP contribution in [0.15, 0.2) is 22.7 Å². The summed E-state index contributed by atoms with van der Waals surface area (Å²) in [7, 11) is 0. The third kappa shape index (κ3) is 4.63. The molecule has 0 aliphatic heterocycles. The van der Waals surface area contributed by atoms with Crippen LogP contribution in [0.4, 0.5) is 13.2 Å². The van der Waals surface area contributed by atoms with Gasteiger partial charge in [-0.1, -0.05) is 15.9 Å². The maximum absolute atomic E-state index is 12.8. The van der Waals surface area contributed by atoms with E-state index in [1.54, 1.807) is 6.92 Å². The minimum absolute atomic E-state index is 0.166. The highest BCUT2D eigenvalue weighted by Crippen LogP contribution is 2.34. The Kier molecular flexibility index (Phi) is 5.74. The molecule has 0 unspecified atom stereocenters. The molecule has 0 aromatic heterocycles. The molecule has 0 spiro atoms. The van der Waals surface area contributed by atoms with Crippen LogP contribution in [-0.2, 0) is 15.7 Å². The van der Waals surface area contributed by atoms with Crippen LogP contribution < -0.4 is 0 Å². The lowest BCUT2D eigenvalue weighted by molar-refractivity contribution is -0.143. The SMILES string of the molecule is CCOC(=O)CCC(=O)c1ccc(Br)cc1C(F)(F)F. The minimum Gasteiger partial charge on any atom is -0.466 e. The number of hydrogen-bond donors (Lipinski definition) is 0. The highest BCUT2D eigenvalue weighted by Gasteiger charge is 2.35. The first-order valence-electron chi connectivity index (χ1n) is 5.81. The standard InChI is InChI=1S/C13H12BrF3O3/c1-2-20-12(19)6-5-11(18)9-4-3-8(14)7-10(9)13(15,16)17/h3-4,7H,2,5-6H2,1H3. The molecule has 110 valence electrons. The molecule has 0 aliphatic rings. The van der Waals surface area contributed by atoms with Gasteiger partial charge in [-0.25, -0.2) is 0 Å². The molecular weight excluding hydrogens is 341 g/mol. The van der Waals surface area contributed by atoms with E-state index in [1.807, 2.05) is 0 Å². The summed E-state index contributed by atoms with van der Waals surface area (Å²) in [5.41, 5.74) is -1.45. The number of esters is 1. The van der Waals surface area contributed by atoms with E-state index in [2.05, 4.69) is 20.7 Å². The van der Waals surface area contributed by atoms with Crippen LogP contribution in [-0.4, -0.2) is 18.4 Å². The second-order valence-electron chi connectivity index (χ2n) is 3.92. The van der Waals surface area contributed by atoms with Gasteiger partial charge in [0.1, 0.15) is 0 Å². The number of halogens is 4. The van der Waals surface area contributed by atoms with Crippen LogP contribution in [0.25, 0.3) is 0 Å². The summed E-state index contributed by atoms with van der Waals surface area (Å²) in [6.45, 7) is 1.77. The molecule has 20 heavy (non-hydrogen) atoms. The van der Waals surface area contributed by atoms with Gasteiger partial charge in [0.25, 0.3) is 0 Å². The van der Waals surface area contributed by atoms with E-state index in [0.717, 1.165) is 12.1 Å². The van der Waals surface area contributed by atoms with Crippen LogP contribution in [0.1, 0.15) is 35.7 Å². The summed E-state index contributed by atoms with van der Waals surface area (Å²) in [5, 5.41) is 0. The van der Waals surface area contributed by atoms with Gasteiger partial charge in [0.15, 0.2) is 5.78 Å². The Labute approximate surface area is 122 Å². The lowest BCUT2D eigenvalue weighted by Gasteiger charge is -2.12. The number of rotatable bonds is 5. The van der Waals surface area contributed by atoms with Crippen molar-refractivity contribution in [3.63, 3.8) is 0 Å². The smallest absolute Gasteiger partial charge is 0.417 e. The van der Waals surface area contributed by atoms with Gasteiger partial charge in [-0.15, -0.1) is 0 Å². The zero-order valence-electron chi connectivity index (χ0n) is 10.6. The zero-order valence-corrected chi connectivity index (χ0v) is 12.2. The van der Waals surface area contributed by atoms with E-state index >= 15 is 0 Å². The predicted octanol–water partition coefficient (Wildman–Crippen LogP) is 3.99. The molecule has 0 amide bonds. The monoisotopic (exact) mass is 352 g/mol. The van der Waals surface area contributed by atoms with Crippen LogP contribution in [0.2, 0.25) is 0 Å². The van der Waals surface area contributed by atoms with E-state index in [1.165, 1.54) is 6.07 Å². The van der Waals surface area contributed by atoms with E-state index < -0.39 is 29.1 Å². The first-order chi connectivity index (χ1) is 9.25. The molecule has 0 saturated carbocycles. The van der Waals surface area contributed by atoms with Gasteiger partial charge < -0.3 is 4.74 Å². The molecule has 1 rings (SSSR count). The quantitative estimate of drug-likeness (QED) is 0.594. The number of ketones is 1. The van der Waals surface area contributed by atoms with Crippen molar-refractivity contribution < 1.29 is 27.5 Å². The van der Waals surface area contributed by atoms with Gasteiger partial charge >= 0.3 is 12.1 Å². The molecule has 0 heterocycles. The van der Waals surface area contributed by atoms with Gasteiger partial charge in [0.05, 0.1) is 18.6 Å². The summed E-state index contributed by atoms with van der Waals surface area (Å²) in [5.74, 6) is -1.34. The zero-order chi connectivity index (χ0) is 15.3. The van der Waals surface area contributed by atoms with E-state index in [9.17, 15) is 22.8 Å². The number of carbonyl (C=O) groups excluding carboxylic acids is 2. The molecule has 0 aliphatic carbocycles. The average Bonchev–Trinajstić information content (AvgIpc) is 2.35. The van der Waals surface area contributed by atoms with Crippen molar-refractivity contribution in [3.05, 3.63) is 33.8 Å². The molecule has 0 bridgehead atoms. The average molecular weight is 353 g/mol. The Bertz CT molecular complexity index is 512. The Morgan fingerprint density at radius 1 is 1.25 bits per heavy atom. The third-order valence-electron chi connectivity index (χ3n) is 2.45. The fraction of sp³-hybridized carbons (Fsp3) is 0.385. The highest BCUT2D eigenvalue weighted by atomic mass is 79.9. The molecule has 0 radical (unpaired) electrons. The second kappa shape index (κ2) is 6.88. The van der Waals surface area contributed by atoms with Gasteiger partial charge in [-0.2, -0.15) is 13.2 Å². The minimum atomic E-state index is -4.63. The molecular formula is C13H12BrF3O3. The second-order valence-corrected chi connectivity index (χ2v) is 4.83. The van der Waals surface area contributed by atoms with Crippen molar-refractivity contribution in [1.29, 1.82) is 0 Å². The topological polar surface area (TPSA) is 43.4 Å². The third-order valence-corrected chi connectivity index (χ3v) is 2.94. The number of alkyl halides is 3. The van der Waals surface area contributed by atoms with Gasteiger partial charge in [-0.3, -0.25) is 9.59 Å². The van der Waals surface area contributed by atoms with E-state index in [-0.39, 0.29) is 23.9 Å². The number of Topliss-reactive ketones (excluding diaryl/α,β-unsaturated/α-hetero) is 1. The largest absolute Gasteiger partial charge is 0.466 e. The van der Waals surface area contributed by atoms with Crippen molar-refractivity contribution in [2.24, 2.45) is 0 Å². The fourth-order valence-electron chi connectivity index (χ4n) is 1.58. The maximum Gasteiger partial charge on any atom is 0.417 e. The number of ether oxygens (including phenoxy) is 1. The molecule has 1 aromatic rings. The Balaban J connectivity index is 2.91. The van der Waals surface area contributed by atoms with Crippen molar-refractivity contribution in [2.75, 3.05) is 6.61 Å². The van der Waals surface area contributed by atoms with Crippen LogP contribution in [0.3, 0.4) is 0 Å². The maximum atomic E-state index is 12.8.